The zero-order valence-electron chi connectivity index (χ0n) is 14.9. The number of aromatic nitrogens is 2. The third-order valence-corrected chi connectivity index (χ3v) is 5.20. The average Bonchev–Trinajstić information content (AvgIpc) is 3.24. The molecule has 0 bridgehead atoms. The van der Waals surface area contributed by atoms with Gasteiger partial charge >= 0.3 is 0 Å². The van der Waals surface area contributed by atoms with Crippen molar-refractivity contribution < 1.29 is 9.59 Å². The zero-order valence-corrected chi connectivity index (χ0v) is 15.7. The second-order valence-corrected chi connectivity index (χ2v) is 6.98. The molecule has 2 fully saturated rings. The summed E-state index contributed by atoms with van der Waals surface area (Å²) in [4.78, 5) is 26.6. The molecule has 2 unspecified atom stereocenters. The van der Waals surface area contributed by atoms with E-state index in [0.29, 0.717) is 24.7 Å². The summed E-state index contributed by atoms with van der Waals surface area (Å²) in [6.07, 6.45) is 3.99. The van der Waals surface area contributed by atoms with Gasteiger partial charge in [0.25, 0.3) is 5.91 Å². The summed E-state index contributed by atoms with van der Waals surface area (Å²) >= 11 is 0. The Bertz CT molecular complexity index is 612. The van der Waals surface area contributed by atoms with Crippen LogP contribution in [0.1, 0.15) is 47.4 Å². The third-order valence-electron chi connectivity index (χ3n) is 5.20. The number of piperidine rings is 1. The lowest BCUT2D eigenvalue weighted by Crippen LogP contribution is -2.46. The molecule has 0 spiro atoms. The molecular formula is C17H28ClN5O2. The Morgan fingerprint density at radius 3 is 2.72 bits per heavy atom. The van der Waals surface area contributed by atoms with Crippen LogP contribution < -0.4 is 10.6 Å². The van der Waals surface area contributed by atoms with Gasteiger partial charge in [-0.1, -0.05) is 0 Å². The van der Waals surface area contributed by atoms with Crippen LogP contribution in [0.25, 0.3) is 0 Å². The number of carbonyl (C=O) groups is 2. The molecule has 2 amide bonds. The highest BCUT2D eigenvalue weighted by atomic mass is 35.5. The Morgan fingerprint density at radius 1 is 1.28 bits per heavy atom. The molecule has 0 aliphatic carbocycles. The Kier molecular flexibility index (Phi) is 6.84. The number of hydrogen-bond acceptors (Lipinski definition) is 4. The predicted molar refractivity (Wildman–Crippen MR) is 98.0 cm³/mol. The summed E-state index contributed by atoms with van der Waals surface area (Å²) in [6, 6.07) is -0.0407. The highest BCUT2D eigenvalue weighted by Gasteiger charge is 2.28. The maximum atomic E-state index is 12.7. The number of likely N-dealkylation sites (tertiary alicyclic amines) is 1. The van der Waals surface area contributed by atoms with Crippen molar-refractivity contribution in [2.75, 3.05) is 26.2 Å². The Morgan fingerprint density at radius 2 is 2.08 bits per heavy atom. The molecule has 3 rings (SSSR count). The molecule has 0 aromatic carbocycles. The van der Waals surface area contributed by atoms with Crippen LogP contribution in [0.3, 0.4) is 0 Å². The minimum absolute atomic E-state index is 0. The van der Waals surface area contributed by atoms with Crippen LogP contribution in [-0.2, 0) is 4.79 Å². The number of carbonyl (C=O) groups excluding carboxylic acids is 2. The first kappa shape index (κ1) is 19.7. The molecule has 25 heavy (non-hydrogen) atoms. The number of H-pyrrole nitrogens is 1. The minimum Gasteiger partial charge on any atom is -0.354 e. The van der Waals surface area contributed by atoms with Crippen LogP contribution in [0.15, 0.2) is 0 Å². The molecule has 7 nitrogen and oxygen atoms in total. The van der Waals surface area contributed by atoms with Gasteiger partial charge < -0.3 is 15.5 Å². The molecule has 1 aromatic heterocycles. The van der Waals surface area contributed by atoms with Gasteiger partial charge in [0.05, 0.1) is 6.04 Å². The number of hydrogen-bond donors (Lipinski definition) is 3. The van der Waals surface area contributed by atoms with Gasteiger partial charge in [-0.05, 0) is 52.0 Å². The molecular weight excluding hydrogens is 342 g/mol. The van der Waals surface area contributed by atoms with E-state index in [1.807, 2.05) is 18.7 Å². The van der Waals surface area contributed by atoms with Gasteiger partial charge in [0, 0.05) is 30.9 Å². The molecule has 3 heterocycles. The van der Waals surface area contributed by atoms with E-state index >= 15 is 0 Å². The van der Waals surface area contributed by atoms with E-state index in [2.05, 4.69) is 20.8 Å². The molecule has 0 radical (unpaired) electrons. The number of halogens is 1. The Hall–Kier alpha value is -1.60. The second-order valence-electron chi connectivity index (χ2n) is 6.98. The number of aromatic amines is 1. The molecule has 3 N–H and O–H groups in total. The molecule has 2 aliphatic heterocycles. The monoisotopic (exact) mass is 369 g/mol. The van der Waals surface area contributed by atoms with E-state index in [0.717, 1.165) is 50.0 Å². The first-order valence-electron chi connectivity index (χ1n) is 8.88. The van der Waals surface area contributed by atoms with Gasteiger partial charge in [-0.2, -0.15) is 5.10 Å². The zero-order chi connectivity index (χ0) is 17.1. The van der Waals surface area contributed by atoms with E-state index < -0.39 is 0 Å². The molecule has 8 heteroatoms. The minimum atomic E-state index is -0.0407. The van der Waals surface area contributed by atoms with Crippen molar-refractivity contribution in [2.24, 2.45) is 5.92 Å². The molecule has 2 saturated heterocycles. The normalized spacial score (nSPS) is 23.2. The maximum Gasteiger partial charge on any atom is 0.274 e. The highest BCUT2D eigenvalue weighted by molar-refractivity contribution is 5.94. The average molecular weight is 370 g/mol. The highest BCUT2D eigenvalue weighted by Crippen LogP contribution is 2.19. The summed E-state index contributed by atoms with van der Waals surface area (Å²) in [5.41, 5.74) is 2.37. The van der Waals surface area contributed by atoms with Crippen molar-refractivity contribution in [1.82, 2.24) is 25.7 Å². The van der Waals surface area contributed by atoms with E-state index in [1.165, 1.54) is 0 Å². The number of aryl methyl sites for hydroxylation is 1. The van der Waals surface area contributed by atoms with Crippen LogP contribution >= 0.6 is 12.4 Å². The van der Waals surface area contributed by atoms with Gasteiger partial charge in [0.15, 0.2) is 5.69 Å². The van der Waals surface area contributed by atoms with E-state index in [9.17, 15) is 9.59 Å². The Balaban J connectivity index is 0.00000225. The molecule has 1 aromatic rings. The summed E-state index contributed by atoms with van der Waals surface area (Å²) in [7, 11) is 0. The van der Waals surface area contributed by atoms with Gasteiger partial charge in [-0.3, -0.25) is 14.7 Å². The van der Waals surface area contributed by atoms with Crippen LogP contribution in [-0.4, -0.2) is 59.1 Å². The fraction of sp³-hybridized carbons (Fsp3) is 0.706. The summed E-state index contributed by atoms with van der Waals surface area (Å²) in [5, 5.41) is 13.3. The fourth-order valence-electron chi connectivity index (χ4n) is 3.54. The lowest BCUT2D eigenvalue weighted by Gasteiger charge is -2.32. The maximum absolute atomic E-state index is 12.7. The second kappa shape index (κ2) is 8.67. The van der Waals surface area contributed by atoms with Crippen LogP contribution in [0, 0.1) is 19.8 Å². The third kappa shape index (κ3) is 4.52. The predicted octanol–water partition coefficient (Wildman–Crippen LogP) is 1.17. The smallest absolute Gasteiger partial charge is 0.274 e. The van der Waals surface area contributed by atoms with Crippen molar-refractivity contribution >= 4 is 24.2 Å². The molecule has 2 aliphatic rings. The van der Waals surface area contributed by atoms with Gasteiger partial charge in [-0.15, -0.1) is 12.4 Å². The first-order valence-corrected chi connectivity index (χ1v) is 8.88. The topological polar surface area (TPSA) is 90.1 Å². The van der Waals surface area contributed by atoms with Crippen LogP contribution in [0.4, 0.5) is 0 Å². The number of nitrogens with one attached hydrogen (secondary N) is 3. The lowest BCUT2D eigenvalue weighted by atomic mass is 9.97. The van der Waals surface area contributed by atoms with Crippen LogP contribution in [0.2, 0.25) is 0 Å². The number of amides is 2. The largest absolute Gasteiger partial charge is 0.354 e. The van der Waals surface area contributed by atoms with Gasteiger partial charge in [0.1, 0.15) is 0 Å². The number of rotatable bonds is 4. The summed E-state index contributed by atoms with van der Waals surface area (Å²) in [5.74, 6) is 0.397. The van der Waals surface area contributed by atoms with E-state index in [4.69, 9.17) is 0 Å². The first-order chi connectivity index (χ1) is 11.6. The van der Waals surface area contributed by atoms with E-state index in [1.54, 1.807) is 0 Å². The SMILES string of the molecule is Cc1[nH]nc(C(=O)N2CCCC(CNC(=O)C3CCCN3)C2)c1C.Cl. The fourth-order valence-corrected chi connectivity index (χ4v) is 3.54. The number of nitrogens with zero attached hydrogens (tertiary/aromatic N) is 2. The Labute approximate surface area is 154 Å². The summed E-state index contributed by atoms with van der Waals surface area (Å²) in [6.45, 7) is 6.85. The summed E-state index contributed by atoms with van der Waals surface area (Å²) < 4.78 is 0. The van der Waals surface area contributed by atoms with E-state index in [-0.39, 0.29) is 30.3 Å². The standard InChI is InChI=1S/C17H27N5O2.ClH/c1-11-12(2)20-21-15(11)17(24)22-8-4-5-13(10-22)9-19-16(23)14-6-3-7-18-14;/h13-14,18H,3-10H2,1-2H3,(H,19,23)(H,20,21);1H. The molecule has 140 valence electrons. The van der Waals surface area contributed by atoms with Crippen molar-refractivity contribution in [1.29, 1.82) is 0 Å². The van der Waals surface area contributed by atoms with Crippen LogP contribution in [0.5, 0.6) is 0 Å². The van der Waals surface area contributed by atoms with Crippen molar-refractivity contribution in [3.63, 3.8) is 0 Å². The molecule has 0 saturated carbocycles. The molecule has 2 atom stereocenters. The van der Waals surface area contributed by atoms with Gasteiger partial charge in [-0.25, -0.2) is 0 Å². The van der Waals surface area contributed by atoms with Gasteiger partial charge in [0.2, 0.25) is 5.91 Å². The van der Waals surface area contributed by atoms with Crippen molar-refractivity contribution in [3.05, 3.63) is 17.0 Å². The van der Waals surface area contributed by atoms with Crippen molar-refractivity contribution in [2.45, 2.75) is 45.6 Å². The lowest BCUT2D eigenvalue weighted by molar-refractivity contribution is -0.123. The van der Waals surface area contributed by atoms with Crippen molar-refractivity contribution in [3.8, 4) is 0 Å². The quantitative estimate of drug-likeness (QED) is 0.743.